The second kappa shape index (κ2) is 8.76. The molecular weight excluding hydrogens is 409 g/mol. The minimum Gasteiger partial charge on any atom is -0.368 e. The first-order chi connectivity index (χ1) is 14.2. The summed E-state index contributed by atoms with van der Waals surface area (Å²) in [5, 5.41) is 0. The molecule has 0 heterocycles. The van der Waals surface area contributed by atoms with Gasteiger partial charge in [0.15, 0.2) is 0 Å². The maximum absolute atomic E-state index is 13.5. The number of carbonyl (C=O) groups is 2. The van der Waals surface area contributed by atoms with Crippen molar-refractivity contribution >= 4 is 27.9 Å². The molecule has 2 amide bonds. The lowest BCUT2D eigenvalue weighted by molar-refractivity contribution is -0.134. The number of likely N-dealkylation sites (N-methyl/N-ethyl adjacent to an activating group) is 1. The number of sulfonamides is 1. The van der Waals surface area contributed by atoms with Gasteiger partial charge >= 0.3 is 0 Å². The van der Waals surface area contributed by atoms with Crippen LogP contribution in [0.25, 0.3) is 6.08 Å². The van der Waals surface area contributed by atoms with Crippen LogP contribution < -0.4 is 10.5 Å². The topological polar surface area (TPSA) is 110 Å². The number of primary amides is 1. The molecule has 0 bridgehead atoms. The monoisotopic (exact) mass is 431 g/mol. The lowest BCUT2D eigenvalue weighted by Gasteiger charge is -2.25. The van der Waals surface area contributed by atoms with Crippen LogP contribution in [0.5, 0.6) is 0 Å². The Kier molecular flexibility index (Phi) is 6.33. The van der Waals surface area contributed by atoms with Gasteiger partial charge < -0.3 is 10.6 Å². The first-order valence-electron chi connectivity index (χ1n) is 9.29. The van der Waals surface area contributed by atoms with Crippen LogP contribution in [0.1, 0.15) is 30.0 Å². The summed E-state index contributed by atoms with van der Waals surface area (Å²) in [5.74, 6) is -1.85. The van der Waals surface area contributed by atoms with E-state index in [9.17, 15) is 22.4 Å². The minimum absolute atomic E-state index is 0.0130. The zero-order chi connectivity index (χ0) is 21.9. The highest BCUT2D eigenvalue weighted by Crippen LogP contribution is 2.23. The highest BCUT2D eigenvalue weighted by atomic mass is 32.2. The van der Waals surface area contributed by atoms with Gasteiger partial charge in [0, 0.05) is 19.2 Å². The molecule has 2 aromatic carbocycles. The van der Waals surface area contributed by atoms with Gasteiger partial charge in [-0.15, -0.1) is 0 Å². The molecule has 1 saturated carbocycles. The molecule has 1 fully saturated rings. The number of benzene rings is 2. The smallest absolute Gasteiger partial charge is 0.247 e. The van der Waals surface area contributed by atoms with Crippen molar-refractivity contribution in [3.05, 3.63) is 71.6 Å². The summed E-state index contributed by atoms with van der Waals surface area (Å²) in [4.78, 5) is 25.6. The third-order valence-electron chi connectivity index (χ3n) is 4.68. The van der Waals surface area contributed by atoms with Crippen molar-refractivity contribution < 1.29 is 22.4 Å². The van der Waals surface area contributed by atoms with E-state index in [1.165, 1.54) is 49.5 Å². The van der Waals surface area contributed by atoms with Crippen molar-refractivity contribution in [1.29, 1.82) is 0 Å². The Morgan fingerprint density at radius 2 is 1.87 bits per heavy atom. The number of hydrogen-bond acceptors (Lipinski definition) is 4. The van der Waals surface area contributed by atoms with Crippen molar-refractivity contribution in [2.24, 2.45) is 5.73 Å². The number of nitrogens with zero attached hydrogens (tertiary/aromatic N) is 1. The van der Waals surface area contributed by atoms with E-state index in [-0.39, 0.29) is 16.5 Å². The Hall–Kier alpha value is -3.04. The van der Waals surface area contributed by atoms with E-state index in [1.807, 2.05) is 0 Å². The van der Waals surface area contributed by atoms with Crippen LogP contribution in [0.4, 0.5) is 4.39 Å². The Balaban J connectivity index is 1.71. The molecule has 1 aliphatic carbocycles. The summed E-state index contributed by atoms with van der Waals surface area (Å²) in [6, 6.07) is 10.3. The van der Waals surface area contributed by atoms with Crippen LogP contribution in [-0.4, -0.2) is 38.2 Å². The fourth-order valence-electron chi connectivity index (χ4n) is 2.91. The summed E-state index contributed by atoms with van der Waals surface area (Å²) in [6.07, 6.45) is 4.42. The normalized spacial score (nSPS) is 15.1. The number of halogens is 1. The molecule has 158 valence electrons. The SMILES string of the molecule is CN(C(=O)/C=C/c1ccc(S(=O)(=O)NC2CC2)cc1)C(C(N)=O)c1cccc(F)c1. The van der Waals surface area contributed by atoms with Gasteiger partial charge in [-0.2, -0.15) is 0 Å². The fourth-order valence-corrected chi connectivity index (χ4v) is 4.22. The number of carbonyl (C=O) groups excluding carboxylic acids is 2. The maximum Gasteiger partial charge on any atom is 0.247 e. The van der Waals surface area contributed by atoms with Gasteiger partial charge in [-0.3, -0.25) is 9.59 Å². The van der Waals surface area contributed by atoms with Crippen molar-refractivity contribution in [2.75, 3.05) is 7.05 Å². The lowest BCUT2D eigenvalue weighted by atomic mass is 10.0. The largest absolute Gasteiger partial charge is 0.368 e. The second-order valence-corrected chi connectivity index (χ2v) is 8.82. The molecule has 2 aromatic rings. The molecule has 0 aromatic heterocycles. The molecule has 0 saturated heterocycles. The van der Waals surface area contributed by atoms with E-state index < -0.39 is 33.7 Å². The molecule has 3 rings (SSSR count). The third kappa shape index (κ3) is 5.31. The predicted octanol–water partition coefficient (Wildman–Crippen LogP) is 1.96. The quantitative estimate of drug-likeness (QED) is 0.623. The lowest BCUT2D eigenvalue weighted by Crippen LogP contribution is -2.38. The first-order valence-corrected chi connectivity index (χ1v) is 10.8. The summed E-state index contributed by atoms with van der Waals surface area (Å²) < 4.78 is 40.5. The number of nitrogens with one attached hydrogen (secondary N) is 1. The minimum atomic E-state index is -3.54. The maximum atomic E-state index is 13.5. The standard InChI is InChI=1S/C21H22FN3O4S/c1-25(20(21(23)27)15-3-2-4-16(22)13-15)19(26)12-7-14-5-10-18(11-6-14)30(28,29)24-17-8-9-17/h2-7,10-13,17,20,24H,8-9H2,1H3,(H2,23,27)/b12-7+. The Morgan fingerprint density at radius 3 is 2.43 bits per heavy atom. The molecule has 0 spiro atoms. The third-order valence-corrected chi connectivity index (χ3v) is 6.21. The Labute approximate surface area is 174 Å². The summed E-state index contributed by atoms with van der Waals surface area (Å²) in [5.41, 5.74) is 6.29. The molecule has 1 aliphatic rings. The first kappa shape index (κ1) is 21.7. The Morgan fingerprint density at radius 1 is 1.20 bits per heavy atom. The van der Waals surface area contributed by atoms with E-state index in [1.54, 1.807) is 12.1 Å². The van der Waals surface area contributed by atoms with E-state index >= 15 is 0 Å². The van der Waals surface area contributed by atoms with Gasteiger partial charge in [-0.1, -0.05) is 24.3 Å². The Bertz CT molecular complexity index is 1080. The highest BCUT2D eigenvalue weighted by molar-refractivity contribution is 7.89. The average molecular weight is 431 g/mol. The zero-order valence-corrected chi connectivity index (χ0v) is 17.1. The fraction of sp³-hybridized carbons (Fsp3) is 0.238. The van der Waals surface area contributed by atoms with Crippen molar-refractivity contribution in [3.8, 4) is 0 Å². The van der Waals surface area contributed by atoms with Crippen LogP contribution in [0.2, 0.25) is 0 Å². The van der Waals surface area contributed by atoms with Crippen LogP contribution in [0.15, 0.2) is 59.5 Å². The van der Waals surface area contributed by atoms with Crippen molar-refractivity contribution in [2.45, 2.75) is 29.8 Å². The summed E-state index contributed by atoms with van der Waals surface area (Å²) in [7, 11) is -2.15. The molecule has 1 atom stereocenters. The van der Waals surface area contributed by atoms with Crippen molar-refractivity contribution in [3.63, 3.8) is 0 Å². The van der Waals surface area contributed by atoms with Gasteiger partial charge in [-0.05, 0) is 54.3 Å². The van der Waals surface area contributed by atoms with Crippen LogP contribution in [0, 0.1) is 5.82 Å². The molecule has 0 radical (unpaired) electrons. The zero-order valence-electron chi connectivity index (χ0n) is 16.3. The van der Waals surface area contributed by atoms with Gasteiger partial charge in [0.05, 0.1) is 4.90 Å². The van der Waals surface area contributed by atoms with Gasteiger partial charge in [0.25, 0.3) is 0 Å². The van der Waals surface area contributed by atoms with E-state index in [0.29, 0.717) is 5.56 Å². The van der Waals surface area contributed by atoms with E-state index in [4.69, 9.17) is 5.73 Å². The van der Waals surface area contributed by atoms with Crippen LogP contribution in [-0.2, 0) is 19.6 Å². The number of hydrogen-bond donors (Lipinski definition) is 2. The molecule has 9 heteroatoms. The number of amides is 2. The average Bonchev–Trinajstić information content (AvgIpc) is 3.49. The summed E-state index contributed by atoms with van der Waals surface area (Å²) >= 11 is 0. The second-order valence-electron chi connectivity index (χ2n) is 7.11. The molecule has 30 heavy (non-hydrogen) atoms. The van der Waals surface area contributed by atoms with Gasteiger partial charge in [-0.25, -0.2) is 17.5 Å². The highest BCUT2D eigenvalue weighted by Gasteiger charge is 2.28. The van der Waals surface area contributed by atoms with E-state index in [2.05, 4.69) is 4.72 Å². The van der Waals surface area contributed by atoms with Crippen LogP contribution in [0.3, 0.4) is 0 Å². The van der Waals surface area contributed by atoms with Gasteiger partial charge in [0.1, 0.15) is 11.9 Å². The molecule has 3 N–H and O–H groups in total. The number of nitrogens with two attached hydrogens (primary N) is 1. The molecule has 1 unspecified atom stereocenters. The van der Waals surface area contributed by atoms with Crippen LogP contribution >= 0.6 is 0 Å². The van der Waals surface area contributed by atoms with Crippen molar-refractivity contribution in [1.82, 2.24) is 9.62 Å². The van der Waals surface area contributed by atoms with Gasteiger partial charge in [0.2, 0.25) is 21.8 Å². The molecular formula is C21H22FN3O4S. The number of rotatable bonds is 8. The van der Waals surface area contributed by atoms with E-state index in [0.717, 1.165) is 23.8 Å². The molecule has 0 aliphatic heterocycles. The summed E-state index contributed by atoms with van der Waals surface area (Å²) in [6.45, 7) is 0. The predicted molar refractivity (Wildman–Crippen MR) is 110 cm³/mol. The molecule has 7 nitrogen and oxygen atoms in total.